The van der Waals surface area contributed by atoms with Crippen LogP contribution in [0.4, 0.5) is 5.69 Å². The summed E-state index contributed by atoms with van der Waals surface area (Å²) in [5, 5.41) is 3.57. The second-order valence-corrected chi connectivity index (χ2v) is 5.87. The number of hydrogen-bond acceptors (Lipinski definition) is 3. The third kappa shape index (κ3) is 3.10. The van der Waals surface area contributed by atoms with Gasteiger partial charge in [0.1, 0.15) is 0 Å². The van der Waals surface area contributed by atoms with Crippen LogP contribution in [-0.4, -0.2) is 44.3 Å². The predicted octanol–water partition coefficient (Wildman–Crippen LogP) is 2.38. The van der Waals surface area contributed by atoms with Crippen LogP contribution in [0.5, 0.6) is 0 Å². The van der Waals surface area contributed by atoms with Crippen molar-refractivity contribution < 1.29 is 4.74 Å². The predicted molar refractivity (Wildman–Crippen MR) is 78.6 cm³/mol. The lowest BCUT2D eigenvalue weighted by atomic mass is 9.93. The zero-order valence-corrected chi connectivity index (χ0v) is 11.8. The molecular formula is C16H24N2O. The van der Waals surface area contributed by atoms with Crippen LogP contribution >= 0.6 is 0 Å². The number of nitrogens with zero attached hydrogens (tertiary/aromatic N) is 1. The van der Waals surface area contributed by atoms with Crippen molar-refractivity contribution in [2.75, 3.05) is 38.6 Å². The standard InChI is InChI=1S/C16H24N2O/c1-19-15-6-4-8-18(12-15)11-13-9-14-5-2-3-7-16(14)17-10-13/h2-3,5,7,13,15,17H,4,6,8-12H2,1H3. The van der Waals surface area contributed by atoms with Gasteiger partial charge in [-0.1, -0.05) is 18.2 Å². The van der Waals surface area contributed by atoms with Gasteiger partial charge in [0.25, 0.3) is 0 Å². The molecule has 2 unspecified atom stereocenters. The summed E-state index contributed by atoms with van der Waals surface area (Å²) in [5.41, 5.74) is 2.80. The lowest BCUT2D eigenvalue weighted by Crippen LogP contribution is -2.43. The number of rotatable bonds is 3. The van der Waals surface area contributed by atoms with E-state index in [9.17, 15) is 0 Å². The second-order valence-electron chi connectivity index (χ2n) is 5.87. The highest BCUT2D eigenvalue weighted by atomic mass is 16.5. The molecule has 104 valence electrons. The van der Waals surface area contributed by atoms with E-state index in [1.54, 1.807) is 0 Å². The van der Waals surface area contributed by atoms with E-state index < -0.39 is 0 Å². The molecule has 3 heteroatoms. The minimum absolute atomic E-state index is 0.442. The van der Waals surface area contributed by atoms with Crippen molar-refractivity contribution in [3.8, 4) is 0 Å². The summed E-state index contributed by atoms with van der Waals surface area (Å²) < 4.78 is 5.51. The van der Waals surface area contributed by atoms with Crippen molar-refractivity contribution in [3.05, 3.63) is 29.8 Å². The van der Waals surface area contributed by atoms with Crippen molar-refractivity contribution in [2.45, 2.75) is 25.4 Å². The van der Waals surface area contributed by atoms with Gasteiger partial charge >= 0.3 is 0 Å². The van der Waals surface area contributed by atoms with Crippen LogP contribution in [-0.2, 0) is 11.2 Å². The minimum Gasteiger partial charge on any atom is -0.384 e. The highest BCUT2D eigenvalue weighted by Crippen LogP contribution is 2.25. The van der Waals surface area contributed by atoms with E-state index in [2.05, 4.69) is 34.5 Å². The van der Waals surface area contributed by atoms with Gasteiger partial charge in [-0.2, -0.15) is 0 Å². The molecule has 0 aromatic heterocycles. The molecule has 3 nitrogen and oxygen atoms in total. The molecule has 2 aliphatic heterocycles. The Hall–Kier alpha value is -1.06. The molecule has 0 saturated carbocycles. The summed E-state index contributed by atoms with van der Waals surface area (Å²) >= 11 is 0. The van der Waals surface area contributed by atoms with Gasteiger partial charge in [0.05, 0.1) is 6.10 Å². The van der Waals surface area contributed by atoms with E-state index in [4.69, 9.17) is 4.74 Å². The molecule has 0 spiro atoms. The van der Waals surface area contributed by atoms with Gasteiger partial charge in [-0.05, 0) is 43.4 Å². The van der Waals surface area contributed by atoms with Crippen molar-refractivity contribution >= 4 is 5.69 Å². The van der Waals surface area contributed by atoms with Gasteiger partial charge in [0.15, 0.2) is 0 Å². The average molecular weight is 260 g/mol. The molecule has 1 N–H and O–H groups in total. The number of anilines is 1. The van der Waals surface area contributed by atoms with Crippen LogP contribution < -0.4 is 5.32 Å². The summed E-state index contributed by atoms with van der Waals surface area (Å²) in [5.74, 6) is 0.727. The Kier molecular flexibility index (Phi) is 4.04. The Balaban J connectivity index is 1.57. The molecule has 0 bridgehead atoms. The van der Waals surface area contributed by atoms with Crippen LogP contribution in [0.15, 0.2) is 24.3 Å². The highest BCUT2D eigenvalue weighted by Gasteiger charge is 2.24. The Morgan fingerprint density at radius 2 is 2.26 bits per heavy atom. The Labute approximate surface area is 115 Å². The van der Waals surface area contributed by atoms with Gasteiger partial charge < -0.3 is 15.0 Å². The first-order chi connectivity index (χ1) is 9.35. The molecule has 19 heavy (non-hydrogen) atoms. The first-order valence-electron chi connectivity index (χ1n) is 7.42. The summed E-state index contributed by atoms with van der Waals surface area (Å²) in [6.45, 7) is 4.64. The molecular weight excluding hydrogens is 236 g/mol. The maximum Gasteiger partial charge on any atom is 0.0698 e. The maximum absolute atomic E-state index is 5.51. The Morgan fingerprint density at radius 3 is 3.16 bits per heavy atom. The van der Waals surface area contributed by atoms with Gasteiger partial charge in [0, 0.05) is 32.4 Å². The number of hydrogen-bond donors (Lipinski definition) is 1. The molecule has 2 heterocycles. The fourth-order valence-corrected chi connectivity index (χ4v) is 3.37. The van der Waals surface area contributed by atoms with E-state index in [-0.39, 0.29) is 0 Å². The van der Waals surface area contributed by atoms with E-state index in [1.807, 2.05) is 7.11 Å². The number of nitrogens with one attached hydrogen (secondary N) is 1. The molecule has 0 aliphatic carbocycles. The number of methoxy groups -OCH3 is 1. The average Bonchev–Trinajstić information content (AvgIpc) is 2.47. The molecule has 1 aromatic rings. The Morgan fingerprint density at radius 1 is 1.37 bits per heavy atom. The number of benzene rings is 1. The summed E-state index contributed by atoms with van der Waals surface area (Å²) in [7, 11) is 1.84. The molecule has 2 aliphatic rings. The third-order valence-corrected chi connectivity index (χ3v) is 4.42. The van der Waals surface area contributed by atoms with Crippen LogP contribution in [0.3, 0.4) is 0 Å². The SMILES string of the molecule is COC1CCCN(CC2CNc3ccccc3C2)C1. The van der Waals surface area contributed by atoms with Gasteiger partial charge in [-0.15, -0.1) is 0 Å². The summed E-state index contributed by atoms with van der Waals surface area (Å²) in [6.07, 6.45) is 4.14. The molecule has 0 radical (unpaired) electrons. The van der Waals surface area contributed by atoms with Gasteiger partial charge in [-0.3, -0.25) is 0 Å². The molecule has 1 saturated heterocycles. The number of ether oxygens (including phenoxy) is 1. The zero-order valence-electron chi connectivity index (χ0n) is 11.8. The fraction of sp³-hybridized carbons (Fsp3) is 0.625. The maximum atomic E-state index is 5.51. The molecule has 0 amide bonds. The van der Waals surface area contributed by atoms with Crippen LogP contribution in [0.25, 0.3) is 0 Å². The summed E-state index contributed by atoms with van der Waals surface area (Å²) in [4.78, 5) is 2.58. The summed E-state index contributed by atoms with van der Waals surface area (Å²) in [6, 6.07) is 8.70. The van der Waals surface area contributed by atoms with E-state index >= 15 is 0 Å². The quantitative estimate of drug-likeness (QED) is 0.903. The van der Waals surface area contributed by atoms with Gasteiger partial charge in [-0.25, -0.2) is 0 Å². The number of likely N-dealkylation sites (tertiary alicyclic amines) is 1. The van der Waals surface area contributed by atoms with Crippen LogP contribution in [0.1, 0.15) is 18.4 Å². The van der Waals surface area contributed by atoms with E-state index in [1.165, 1.54) is 43.6 Å². The van der Waals surface area contributed by atoms with Crippen molar-refractivity contribution in [2.24, 2.45) is 5.92 Å². The molecule has 3 rings (SSSR count). The topological polar surface area (TPSA) is 24.5 Å². The first kappa shape index (κ1) is 12.9. The smallest absolute Gasteiger partial charge is 0.0698 e. The normalized spacial score (nSPS) is 27.6. The fourth-order valence-electron chi connectivity index (χ4n) is 3.37. The molecule has 1 fully saturated rings. The van der Waals surface area contributed by atoms with Crippen molar-refractivity contribution in [1.82, 2.24) is 4.90 Å². The minimum atomic E-state index is 0.442. The Bertz CT molecular complexity index is 421. The number of fused-ring (bicyclic) bond motifs is 1. The zero-order chi connectivity index (χ0) is 13.1. The van der Waals surface area contributed by atoms with Gasteiger partial charge in [0.2, 0.25) is 0 Å². The lowest BCUT2D eigenvalue weighted by Gasteiger charge is -2.36. The lowest BCUT2D eigenvalue weighted by molar-refractivity contribution is 0.0263. The second kappa shape index (κ2) is 5.93. The van der Waals surface area contributed by atoms with E-state index in [0.29, 0.717) is 6.10 Å². The van der Waals surface area contributed by atoms with E-state index in [0.717, 1.165) is 19.0 Å². The highest BCUT2D eigenvalue weighted by molar-refractivity contribution is 5.53. The molecule has 1 aromatic carbocycles. The molecule has 2 atom stereocenters. The van der Waals surface area contributed by atoms with Crippen LogP contribution in [0.2, 0.25) is 0 Å². The van der Waals surface area contributed by atoms with Crippen molar-refractivity contribution in [1.29, 1.82) is 0 Å². The largest absolute Gasteiger partial charge is 0.384 e. The number of para-hydroxylation sites is 1. The number of piperidine rings is 1. The first-order valence-corrected chi connectivity index (χ1v) is 7.42. The van der Waals surface area contributed by atoms with Crippen molar-refractivity contribution in [3.63, 3.8) is 0 Å². The third-order valence-electron chi connectivity index (χ3n) is 4.42. The van der Waals surface area contributed by atoms with Crippen LogP contribution in [0, 0.1) is 5.92 Å². The monoisotopic (exact) mass is 260 g/mol.